The predicted molar refractivity (Wildman–Crippen MR) is 276 cm³/mol. The smallest absolute Gasteiger partial charge is 0.475 e. The number of aliphatic hydroxyl groups excluding tert-OH is 1. The number of rotatable bonds is 25. The maximum absolute atomic E-state index is 14.0. The Kier molecular flexibility index (Phi) is 25.1. The van der Waals surface area contributed by atoms with Crippen LogP contribution in [0.1, 0.15) is 59.2 Å². The van der Waals surface area contributed by atoms with Crippen LogP contribution >= 0.6 is 0 Å². The number of guanidine groups is 1. The number of carboxylic acid groups (broad SMARTS) is 3. The van der Waals surface area contributed by atoms with Crippen LogP contribution in [-0.2, 0) is 28.8 Å². The van der Waals surface area contributed by atoms with Crippen molar-refractivity contribution in [3.05, 3.63) is 47.5 Å². The van der Waals surface area contributed by atoms with Crippen LogP contribution in [0.3, 0.4) is 0 Å². The van der Waals surface area contributed by atoms with Crippen molar-refractivity contribution >= 4 is 71.3 Å². The Labute approximate surface area is 436 Å². The number of fused-ring (bicyclic) bond motifs is 1. The molecule has 0 radical (unpaired) electrons. The average Bonchev–Trinajstić information content (AvgIpc) is 3.76. The van der Waals surface area contributed by atoms with E-state index in [9.17, 15) is 68.8 Å². The van der Waals surface area contributed by atoms with Crippen LogP contribution in [0, 0.1) is 0 Å². The number of nitrogens with one attached hydrogen (secondary N) is 3. The summed E-state index contributed by atoms with van der Waals surface area (Å²) in [5.41, 5.74) is 6.51. The van der Waals surface area contributed by atoms with Crippen LogP contribution in [0.4, 0.5) is 0 Å². The van der Waals surface area contributed by atoms with Crippen molar-refractivity contribution < 1.29 is 68.8 Å². The molecule has 2 heterocycles. The summed E-state index contributed by atoms with van der Waals surface area (Å²) in [6.45, 7) is 1.03. The van der Waals surface area contributed by atoms with Gasteiger partial charge in [-0.1, -0.05) is 24.3 Å². The fourth-order valence-corrected chi connectivity index (χ4v) is 8.90. The van der Waals surface area contributed by atoms with E-state index in [2.05, 4.69) is 20.9 Å². The Hall–Kier alpha value is -6.49. The monoisotopic (exact) mass is 1050 g/mol. The van der Waals surface area contributed by atoms with Crippen LogP contribution in [0.15, 0.2) is 41.4 Å². The zero-order valence-corrected chi connectivity index (χ0v) is 43.1. The summed E-state index contributed by atoms with van der Waals surface area (Å²) >= 11 is 0. The number of aliphatic hydroxyl groups is 1. The van der Waals surface area contributed by atoms with Gasteiger partial charge in [-0.05, 0) is 61.4 Å². The quantitative estimate of drug-likeness (QED) is 0.0200. The second-order valence-corrected chi connectivity index (χ2v) is 19.1. The minimum atomic E-state index is -1.85. The molecule has 11 N–H and O–H groups in total. The van der Waals surface area contributed by atoms with E-state index in [4.69, 9.17) is 5.73 Å². The number of aliphatic imine (C=N–C) groups is 1. The van der Waals surface area contributed by atoms with E-state index in [-0.39, 0.29) is 122 Å². The number of carboxylic acids is 3. The summed E-state index contributed by atoms with van der Waals surface area (Å²) in [5.74, 6) is -6.27. The molecular formula is C48H75BN12O14. The Morgan fingerprint density at radius 2 is 1.20 bits per heavy atom. The highest BCUT2D eigenvalue weighted by Crippen LogP contribution is 2.24. The first-order chi connectivity index (χ1) is 35.6. The lowest BCUT2D eigenvalue weighted by Gasteiger charge is -2.33. The molecule has 0 aromatic heterocycles. The van der Waals surface area contributed by atoms with Gasteiger partial charge in [0.2, 0.25) is 17.7 Å². The number of amides is 5. The number of carbonyl (C=O) groups is 8. The fraction of sp³-hybridized carbons (Fsp3) is 0.604. The SMILES string of the molecule is CN(C)C(N)=NCCCC(NC(=O)CN1CCN(CC(=O)O)CCN(CC(=O)O)CCN(CC(=O)O)CC1)C(=O)N(C)CCCCCNC(=O)c1ccc(C(=O)NCC(=O)N2CC(O)CC2B(O)O)c2ccccc12. The molecule has 2 aromatic rings. The van der Waals surface area contributed by atoms with Gasteiger partial charge in [0.25, 0.3) is 11.8 Å². The Bertz CT molecular complexity index is 2280. The first-order valence-electron chi connectivity index (χ1n) is 25.1. The van der Waals surface area contributed by atoms with E-state index < -0.39 is 67.4 Å². The molecule has 27 heteroatoms. The van der Waals surface area contributed by atoms with Gasteiger partial charge >= 0.3 is 25.0 Å². The molecule has 75 heavy (non-hydrogen) atoms. The predicted octanol–water partition coefficient (Wildman–Crippen LogP) is -3.48. The standard InChI is InChI=1S/C48H75BN12O14/c1-55(2)48(50)52-16-9-12-38(54-40(63)29-57-18-20-58(30-42(65)66)22-24-60(32-44(69)70)25-23-59(21-19-57)31-43(67)68)47(73)56(3)17-8-4-7-15-51-45(71)36-13-14-37(35-11-6-5-10-34(35)36)46(72)53-27-41(64)61-28-33(62)26-39(61)49(74)75/h5-6,10-11,13-14,33,38-39,62,74-75H,4,7-9,12,15-32H2,1-3H3,(H2,50,52)(H,51,71)(H,53,72)(H,54,63)(H,65,66)(H,67,68)(H,69,70). The molecule has 4 rings (SSSR count). The lowest BCUT2D eigenvalue weighted by Crippen LogP contribution is -2.52. The van der Waals surface area contributed by atoms with Crippen LogP contribution in [-0.4, -0.2) is 276 Å². The third kappa shape index (κ3) is 20.6. The number of benzene rings is 2. The zero-order valence-electron chi connectivity index (χ0n) is 43.1. The number of likely N-dealkylation sites (tertiary alicyclic amines) is 1. The number of hydrogen-bond donors (Lipinski definition) is 10. The van der Waals surface area contributed by atoms with Gasteiger partial charge in [0.15, 0.2) is 5.96 Å². The molecule has 2 aliphatic rings. The first kappa shape index (κ1) is 61.1. The Morgan fingerprint density at radius 3 is 1.68 bits per heavy atom. The second-order valence-electron chi connectivity index (χ2n) is 19.1. The van der Waals surface area contributed by atoms with Gasteiger partial charge in [0.1, 0.15) is 6.04 Å². The van der Waals surface area contributed by atoms with Crippen molar-refractivity contribution in [2.45, 2.75) is 56.6 Å². The van der Waals surface area contributed by atoms with E-state index in [0.717, 1.165) is 4.90 Å². The van der Waals surface area contributed by atoms with E-state index >= 15 is 0 Å². The minimum absolute atomic E-state index is 0.00667. The largest absolute Gasteiger partial charge is 0.480 e. The minimum Gasteiger partial charge on any atom is -0.480 e. The molecule has 0 aliphatic carbocycles. The van der Waals surface area contributed by atoms with E-state index in [1.807, 2.05) is 0 Å². The van der Waals surface area contributed by atoms with Crippen molar-refractivity contribution in [2.75, 3.05) is 132 Å². The lowest BCUT2D eigenvalue weighted by molar-refractivity contribution is -0.140. The van der Waals surface area contributed by atoms with Crippen molar-refractivity contribution in [3.63, 3.8) is 0 Å². The third-order valence-corrected chi connectivity index (χ3v) is 13.0. The number of β-amino-alcohol motifs (C(OH)–C–C–N with tert-alkyl or cyclic N) is 1. The summed E-state index contributed by atoms with van der Waals surface area (Å²) in [5, 5.41) is 67.3. The lowest BCUT2D eigenvalue weighted by atomic mass is 9.77. The Morgan fingerprint density at radius 1 is 0.707 bits per heavy atom. The summed E-state index contributed by atoms with van der Waals surface area (Å²) < 4.78 is 0. The van der Waals surface area contributed by atoms with Crippen LogP contribution < -0.4 is 21.7 Å². The van der Waals surface area contributed by atoms with Crippen LogP contribution in [0.5, 0.6) is 0 Å². The maximum atomic E-state index is 14.0. The van der Waals surface area contributed by atoms with Gasteiger partial charge in [-0.2, -0.15) is 0 Å². The number of unbranched alkanes of at least 4 members (excludes halogenated alkanes) is 2. The van der Waals surface area contributed by atoms with Crippen LogP contribution in [0.25, 0.3) is 10.8 Å². The van der Waals surface area contributed by atoms with Gasteiger partial charge in [-0.25, -0.2) is 0 Å². The number of nitrogens with zero attached hydrogens (tertiary/aromatic N) is 8. The first-order valence-corrected chi connectivity index (χ1v) is 25.1. The molecule has 0 saturated carbocycles. The van der Waals surface area contributed by atoms with Gasteiger partial charge in [0.05, 0.1) is 44.8 Å². The topological polar surface area (TPSA) is 355 Å². The van der Waals surface area contributed by atoms with Crippen molar-refractivity contribution in [1.82, 2.24) is 50.2 Å². The number of aliphatic carboxylic acids is 3. The van der Waals surface area contributed by atoms with Crippen molar-refractivity contribution in [2.24, 2.45) is 10.7 Å². The number of likely N-dealkylation sites (N-methyl/N-ethyl adjacent to an activating group) is 1. The third-order valence-electron chi connectivity index (χ3n) is 13.0. The van der Waals surface area contributed by atoms with Gasteiger partial charge in [0, 0.05) is 111 Å². The van der Waals surface area contributed by atoms with Crippen molar-refractivity contribution in [1.29, 1.82) is 0 Å². The fourth-order valence-electron chi connectivity index (χ4n) is 8.90. The highest BCUT2D eigenvalue weighted by atomic mass is 16.4. The van der Waals surface area contributed by atoms with Gasteiger partial charge < -0.3 is 66.9 Å². The molecule has 3 atom stereocenters. The molecular weight excluding hydrogens is 979 g/mol. The maximum Gasteiger partial charge on any atom is 0.475 e. The second kappa shape index (κ2) is 30.8. The summed E-state index contributed by atoms with van der Waals surface area (Å²) in [6.07, 6.45) is 1.48. The molecule has 0 spiro atoms. The molecule has 5 amide bonds. The molecule has 26 nitrogen and oxygen atoms in total. The molecule has 2 aliphatic heterocycles. The average molecular weight is 1060 g/mol. The molecule has 2 saturated heterocycles. The zero-order chi connectivity index (χ0) is 55.2. The number of hydrogen-bond acceptors (Lipinski definition) is 16. The summed E-state index contributed by atoms with van der Waals surface area (Å²) in [7, 11) is 3.28. The molecule has 2 fully saturated rings. The highest BCUT2D eigenvalue weighted by Gasteiger charge is 2.41. The van der Waals surface area contributed by atoms with E-state index in [0.29, 0.717) is 61.1 Å². The number of carbonyl (C=O) groups excluding carboxylic acids is 5. The Balaban J connectivity index is 1.34. The van der Waals surface area contributed by atoms with E-state index in [1.54, 1.807) is 69.9 Å². The highest BCUT2D eigenvalue weighted by molar-refractivity contribution is 6.43. The molecule has 2 aromatic carbocycles. The normalized spacial score (nSPS) is 18.1. The van der Waals surface area contributed by atoms with Crippen molar-refractivity contribution in [3.8, 4) is 0 Å². The summed E-state index contributed by atoms with van der Waals surface area (Å²) in [6, 6.07) is 8.90. The molecule has 414 valence electrons. The van der Waals surface area contributed by atoms with Crippen LogP contribution in [0.2, 0.25) is 0 Å². The van der Waals surface area contributed by atoms with Gasteiger partial charge in [-0.3, -0.25) is 62.9 Å². The van der Waals surface area contributed by atoms with E-state index in [1.165, 1.54) is 17.0 Å². The molecule has 3 unspecified atom stereocenters. The number of nitrogens with two attached hydrogens (primary N) is 1. The summed E-state index contributed by atoms with van der Waals surface area (Å²) in [4.78, 5) is 118. The molecule has 0 bridgehead atoms. The van der Waals surface area contributed by atoms with Gasteiger partial charge in [-0.15, -0.1) is 0 Å².